The van der Waals surface area contributed by atoms with E-state index in [1.54, 1.807) is 7.05 Å². The molecule has 0 amide bonds. The molecular formula is C23H31F3IN5O. The summed E-state index contributed by atoms with van der Waals surface area (Å²) in [7, 11) is 1.71. The van der Waals surface area contributed by atoms with Gasteiger partial charge in [0.05, 0.1) is 12.1 Å². The van der Waals surface area contributed by atoms with Gasteiger partial charge < -0.3 is 15.4 Å². The van der Waals surface area contributed by atoms with E-state index in [0.717, 1.165) is 38.2 Å². The summed E-state index contributed by atoms with van der Waals surface area (Å²) in [5.74, 6) is 0.839. The molecule has 1 fully saturated rings. The van der Waals surface area contributed by atoms with Crippen molar-refractivity contribution < 1.29 is 17.9 Å². The van der Waals surface area contributed by atoms with E-state index in [1.807, 2.05) is 6.07 Å². The Morgan fingerprint density at radius 2 is 1.88 bits per heavy atom. The van der Waals surface area contributed by atoms with Gasteiger partial charge in [-0.05, 0) is 31.4 Å². The minimum Gasteiger partial charge on any atom is -0.476 e. The second kappa shape index (κ2) is 13.0. The Kier molecular flexibility index (Phi) is 10.7. The first-order valence-electron chi connectivity index (χ1n) is 10.8. The van der Waals surface area contributed by atoms with Crippen molar-refractivity contribution in [3.05, 3.63) is 59.8 Å². The lowest BCUT2D eigenvalue weighted by Crippen LogP contribution is -2.49. The van der Waals surface area contributed by atoms with Crippen LogP contribution in [0.3, 0.4) is 0 Å². The molecule has 0 bridgehead atoms. The van der Waals surface area contributed by atoms with E-state index in [1.165, 1.54) is 11.6 Å². The van der Waals surface area contributed by atoms with Crippen LogP contribution in [0.25, 0.3) is 0 Å². The molecule has 2 N–H and O–H groups in total. The molecule has 1 aromatic carbocycles. The van der Waals surface area contributed by atoms with Crippen molar-refractivity contribution in [2.24, 2.45) is 4.99 Å². The van der Waals surface area contributed by atoms with Crippen LogP contribution in [0.15, 0.2) is 53.7 Å². The summed E-state index contributed by atoms with van der Waals surface area (Å²) in [4.78, 5) is 10.4. The number of halogens is 4. The largest absolute Gasteiger partial charge is 0.476 e. The Labute approximate surface area is 210 Å². The van der Waals surface area contributed by atoms with E-state index >= 15 is 0 Å². The van der Waals surface area contributed by atoms with Crippen LogP contribution in [0.4, 0.5) is 13.2 Å². The molecule has 2 heterocycles. The van der Waals surface area contributed by atoms with Gasteiger partial charge in [-0.1, -0.05) is 30.3 Å². The number of hydrogen-bond donors (Lipinski definition) is 2. The van der Waals surface area contributed by atoms with Crippen LogP contribution in [0.5, 0.6) is 5.88 Å². The van der Waals surface area contributed by atoms with Crippen LogP contribution in [-0.4, -0.2) is 55.2 Å². The van der Waals surface area contributed by atoms with Gasteiger partial charge in [0.1, 0.15) is 6.61 Å². The smallest absolute Gasteiger partial charge is 0.417 e. The second-order valence-electron chi connectivity index (χ2n) is 7.77. The Bertz CT molecular complexity index is 857. The fourth-order valence-electron chi connectivity index (χ4n) is 3.72. The first-order chi connectivity index (χ1) is 15.4. The molecule has 1 atom stereocenters. The third-order valence-electron chi connectivity index (χ3n) is 5.63. The minimum atomic E-state index is -4.40. The Morgan fingerprint density at radius 3 is 2.45 bits per heavy atom. The van der Waals surface area contributed by atoms with Crippen molar-refractivity contribution in [2.75, 3.05) is 33.3 Å². The predicted octanol–water partition coefficient (Wildman–Crippen LogP) is 4.49. The molecule has 1 aliphatic rings. The Morgan fingerprint density at radius 1 is 1.18 bits per heavy atom. The number of benzene rings is 1. The number of piperidine rings is 1. The molecule has 33 heavy (non-hydrogen) atoms. The fraction of sp³-hybridized carbons (Fsp3) is 0.478. The number of aliphatic imine (C=N–C) groups is 1. The van der Waals surface area contributed by atoms with E-state index in [2.05, 4.69) is 56.7 Å². The van der Waals surface area contributed by atoms with Gasteiger partial charge >= 0.3 is 6.18 Å². The van der Waals surface area contributed by atoms with E-state index in [0.29, 0.717) is 24.6 Å². The molecule has 182 valence electrons. The summed E-state index contributed by atoms with van der Waals surface area (Å²) in [6.07, 6.45) is -1.59. The van der Waals surface area contributed by atoms with Gasteiger partial charge in [0, 0.05) is 44.5 Å². The van der Waals surface area contributed by atoms with Gasteiger partial charge in [0.2, 0.25) is 5.88 Å². The summed E-state index contributed by atoms with van der Waals surface area (Å²) in [5, 5.41) is 6.62. The normalized spacial score (nSPS) is 16.6. The van der Waals surface area contributed by atoms with Gasteiger partial charge in [0.15, 0.2) is 5.96 Å². The van der Waals surface area contributed by atoms with Crippen molar-refractivity contribution in [3.63, 3.8) is 0 Å². The molecule has 1 saturated heterocycles. The molecule has 0 spiro atoms. The topological polar surface area (TPSA) is 61.8 Å². The first kappa shape index (κ1) is 27.2. The third-order valence-corrected chi connectivity index (χ3v) is 5.63. The van der Waals surface area contributed by atoms with Crippen LogP contribution in [0.1, 0.15) is 36.9 Å². The van der Waals surface area contributed by atoms with Crippen LogP contribution in [-0.2, 0) is 6.18 Å². The number of ether oxygens (including phenoxy) is 1. The Hall–Kier alpha value is -2.08. The van der Waals surface area contributed by atoms with Crippen molar-refractivity contribution in [1.82, 2.24) is 20.5 Å². The molecular weight excluding hydrogens is 546 g/mol. The van der Waals surface area contributed by atoms with Crippen molar-refractivity contribution in [2.45, 2.75) is 38.0 Å². The molecule has 1 aliphatic heterocycles. The second-order valence-corrected chi connectivity index (χ2v) is 7.77. The highest BCUT2D eigenvalue weighted by Crippen LogP contribution is 2.29. The van der Waals surface area contributed by atoms with Gasteiger partial charge in [-0.2, -0.15) is 13.2 Å². The van der Waals surface area contributed by atoms with E-state index in [-0.39, 0.29) is 36.5 Å². The summed E-state index contributed by atoms with van der Waals surface area (Å²) < 4.78 is 43.1. The quantitative estimate of drug-likeness (QED) is 0.220. The third kappa shape index (κ3) is 8.33. The average Bonchev–Trinajstić information content (AvgIpc) is 2.81. The lowest BCUT2D eigenvalue weighted by Gasteiger charge is -2.37. The first-order valence-corrected chi connectivity index (χ1v) is 10.8. The number of likely N-dealkylation sites (tertiary alicyclic amines) is 1. The molecule has 10 heteroatoms. The molecule has 3 rings (SSSR count). The lowest BCUT2D eigenvalue weighted by atomic mass is 10.0. The zero-order valence-electron chi connectivity index (χ0n) is 18.8. The van der Waals surface area contributed by atoms with Gasteiger partial charge in [-0.25, -0.2) is 4.98 Å². The number of nitrogens with one attached hydrogen (secondary N) is 2. The predicted molar refractivity (Wildman–Crippen MR) is 134 cm³/mol. The number of rotatable bonds is 7. The minimum absolute atomic E-state index is 0. The maximum Gasteiger partial charge on any atom is 0.417 e. The van der Waals surface area contributed by atoms with Gasteiger partial charge in [0.25, 0.3) is 0 Å². The molecule has 6 nitrogen and oxygen atoms in total. The average molecular weight is 577 g/mol. The van der Waals surface area contributed by atoms with Crippen LogP contribution < -0.4 is 15.4 Å². The zero-order valence-corrected chi connectivity index (χ0v) is 21.1. The van der Waals surface area contributed by atoms with Gasteiger partial charge in [-0.15, -0.1) is 24.0 Å². The molecule has 0 saturated carbocycles. The monoisotopic (exact) mass is 577 g/mol. The summed E-state index contributed by atoms with van der Waals surface area (Å²) in [6, 6.07) is 13.4. The fourth-order valence-corrected chi connectivity index (χ4v) is 3.72. The maximum absolute atomic E-state index is 12.6. The van der Waals surface area contributed by atoms with Crippen molar-refractivity contribution in [1.29, 1.82) is 0 Å². The van der Waals surface area contributed by atoms with Crippen LogP contribution >= 0.6 is 24.0 Å². The zero-order chi connectivity index (χ0) is 23.0. The van der Waals surface area contributed by atoms with Gasteiger partial charge in [-0.3, -0.25) is 9.89 Å². The van der Waals surface area contributed by atoms with E-state index < -0.39 is 11.7 Å². The number of pyridine rings is 1. The van der Waals surface area contributed by atoms with Crippen molar-refractivity contribution >= 4 is 29.9 Å². The number of nitrogens with zero attached hydrogens (tertiary/aromatic N) is 3. The molecule has 1 aromatic heterocycles. The maximum atomic E-state index is 12.6. The molecule has 2 aromatic rings. The standard InChI is InChI=1S/C23H30F3N5O.HI/c1-17(18-6-4-3-5-7-18)31-13-10-20(11-14-31)30-22(27-2)28-12-15-32-21-9-8-19(16-29-21)23(24,25)26;/h3-9,16-17,20H,10-15H2,1-2H3,(H2,27,28,30);1H. The summed E-state index contributed by atoms with van der Waals surface area (Å²) in [6.45, 7) is 4.97. The number of aromatic nitrogens is 1. The van der Waals surface area contributed by atoms with Crippen LogP contribution in [0.2, 0.25) is 0 Å². The highest BCUT2D eigenvalue weighted by molar-refractivity contribution is 14.0. The number of guanidine groups is 1. The van der Waals surface area contributed by atoms with Crippen LogP contribution in [0, 0.1) is 0 Å². The summed E-state index contributed by atoms with van der Waals surface area (Å²) in [5.41, 5.74) is 0.538. The number of hydrogen-bond acceptors (Lipinski definition) is 4. The van der Waals surface area contributed by atoms with E-state index in [4.69, 9.17) is 4.74 Å². The molecule has 0 radical (unpaired) electrons. The van der Waals surface area contributed by atoms with E-state index in [9.17, 15) is 13.2 Å². The molecule has 1 unspecified atom stereocenters. The molecule has 0 aliphatic carbocycles. The number of alkyl halides is 3. The lowest BCUT2D eigenvalue weighted by molar-refractivity contribution is -0.137. The highest BCUT2D eigenvalue weighted by atomic mass is 127. The summed E-state index contributed by atoms with van der Waals surface area (Å²) >= 11 is 0. The Balaban J connectivity index is 0.00000385. The highest BCUT2D eigenvalue weighted by Gasteiger charge is 2.30. The SMILES string of the molecule is CN=C(NCCOc1ccc(C(F)(F)F)cn1)NC1CCN(C(C)c2ccccc2)CC1.I. The van der Waals surface area contributed by atoms with Crippen molar-refractivity contribution in [3.8, 4) is 5.88 Å².